The van der Waals surface area contributed by atoms with Crippen LogP contribution in [-0.4, -0.2) is 23.7 Å². The molecule has 0 radical (unpaired) electrons. The molecular formula is C12H19N3O. The first kappa shape index (κ1) is 11.2. The zero-order valence-corrected chi connectivity index (χ0v) is 9.92. The normalized spacial score (nSPS) is 20.8. The third kappa shape index (κ3) is 2.27. The summed E-state index contributed by atoms with van der Waals surface area (Å²) in [4.78, 5) is 12.0. The maximum atomic E-state index is 12.0. The molecule has 88 valence electrons. The monoisotopic (exact) mass is 221 g/mol. The molecule has 2 rings (SSSR count). The Hall–Kier alpha value is -1.29. The van der Waals surface area contributed by atoms with Crippen molar-refractivity contribution in [3.05, 3.63) is 23.5 Å². The number of hydrogen-bond acceptors (Lipinski definition) is 2. The fourth-order valence-corrected chi connectivity index (χ4v) is 2.12. The predicted molar refractivity (Wildman–Crippen MR) is 63.9 cm³/mol. The van der Waals surface area contributed by atoms with Gasteiger partial charge in [-0.15, -0.1) is 0 Å². The molecule has 2 heterocycles. The molecule has 1 amide bonds. The maximum Gasteiger partial charge on any atom is 0.243 e. The molecule has 1 atom stereocenters. The summed E-state index contributed by atoms with van der Waals surface area (Å²) < 4.78 is 1.86. The number of carbonyl (C=O) groups excluding carboxylic acids is 1. The van der Waals surface area contributed by atoms with Crippen molar-refractivity contribution in [3.8, 4) is 0 Å². The van der Waals surface area contributed by atoms with Crippen LogP contribution in [0.5, 0.6) is 0 Å². The Morgan fingerprint density at radius 1 is 1.44 bits per heavy atom. The minimum atomic E-state index is 0.106. The van der Waals surface area contributed by atoms with Crippen LogP contribution in [0.3, 0.4) is 0 Å². The first-order chi connectivity index (χ1) is 7.68. The van der Waals surface area contributed by atoms with E-state index >= 15 is 0 Å². The van der Waals surface area contributed by atoms with Crippen LogP contribution in [0.2, 0.25) is 0 Å². The van der Waals surface area contributed by atoms with Gasteiger partial charge in [0.15, 0.2) is 0 Å². The Bertz CT molecular complexity index is 358. The molecule has 16 heavy (non-hydrogen) atoms. The van der Waals surface area contributed by atoms with Gasteiger partial charge in [-0.2, -0.15) is 0 Å². The van der Waals surface area contributed by atoms with Crippen molar-refractivity contribution in [2.45, 2.75) is 26.7 Å². The number of nitrogens with zero attached hydrogens (tertiary/aromatic N) is 1. The molecule has 4 heteroatoms. The average molecular weight is 221 g/mol. The number of hydrogen-bond donors (Lipinski definition) is 2. The number of aromatic nitrogens is 1. The molecule has 1 fully saturated rings. The average Bonchev–Trinajstić information content (AvgIpc) is 2.62. The molecule has 2 N–H and O–H groups in total. The van der Waals surface area contributed by atoms with Gasteiger partial charge in [0, 0.05) is 17.9 Å². The van der Waals surface area contributed by atoms with Gasteiger partial charge in [-0.05, 0) is 45.4 Å². The second-order valence-electron chi connectivity index (χ2n) is 4.47. The number of rotatable bonds is 2. The lowest BCUT2D eigenvalue weighted by molar-refractivity contribution is -0.121. The minimum absolute atomic E-state index is 0.106. The van der Waals surface area contributed by atoms with Crippen LogP contribution in [0.4, 0.5) is 0 Å². The molecule has 0 aromatic carbocycles. The van der Waals surface area contributed by atoms with Gasteiger partial charge in [-0.1, -0.05) is 0 Å². The van der Waals surface area contributed by atoms with Crippen molar-refractivity contribution in [2.75, 3.05) is 18.5 Å². The van der Waals surface area contributed by atoms with Crippen LogP contribution in [0, 0.1) is 19.8 Å². The summed E-state index contributed by atoms with van der Waals surface area (Å²) in [7, 11) is 0. The zero-order chi connectivity index (χ0) is 11.5. The molecule has 0 bridgehead atoms. The third-order valence-corrected chi connectivity index (χ3v) is 3.16. The van der Waals surface area contributed by atoms with E-state index in [1.54, 1.807) is 0 Å². The van der Waals surface area contributed by atoms with E-state index in [1.165, 1.54) is 0 Å². The van der Waals surface area contributed by atoms with E-state index in [0.717, 1.165) is 37.3 Å². The van der Waals surface area contributed by atoms with Gasteiger partial charge >= 0.3 is 0 Å². The van der Waals surface area contributed by atoms with E-state index in [2.05, 4.69) is 10.7 Å². The second-order valence-corrected chi connectivity index (χ2v) is 4.47. The summed E-state index contributed by atoms with van der Waals surface area (Å²) >= 11 is 0. The molecule has 1 aliphatic rings. The zero-order valence-electron chi connectivity index (χ0n) is 9.92. The van der Waals surface area contributed by atoms with Gasteiger partial charge in [-0.3, -0.25) is 14.9 Å². The summed E-state index contributed by atoms with van der Waals surface area (Å²) in [5, 5.41) is 3.25. The fraction of sp³-hybridized carbons (Fsp3) is 0.583. The van der Waals surface area contributed by atoms with Crippen molar-refractivity contribution >= 4 is 5.91 Å². The highest BCUT2D eigenvalue weighted by atomic mass is 16.2. The van der Waals surface area contributed by atoms with Gasteiger partial charge in [0.1, 0.15) is 0 Å². The molecule has 4 nitrogen and oxygen atoms in total. The van der Waals surface area contributed by atoms with E-state index < -0.39 is 0 Å². The molecular weight excluding hydrogens is 202 g/mol. The Balaban J connectivity index is 2.01. The van der Waals surface area contributed by atoms with Gasteiger partial charge in [0.2, 0.25) is 5.91 Å². The fourth-order valence-electron chi connectivity index (χ4n) is 2.12. The SMILES string of the molecule is Cc1ccc(C)n1NC(=O)C1CCCNC1. The van der Waals surface area contributed by atoms with Crippen molar-refractivity contribution in [1.82, 2.24) is 9.99 Å². The highest BCUT2D eigenvalue weighted by Crippen LogP contribution is 2.11. The van der Waals surface area contributed by atoms with Crippen LogP contribution in [0.1, 0.15) is 24.2 Å². The van der Waals surface area contributed by atoms with Crippen LogP contribution >= 0.6 is 0 Å². The molecule has 1 aromatic rings. The first-order valence-electron chi connectivity index (χ1n) is 5.85. The van der Waals surface area contributed by atoms with Crippen molar-refractivity contribution < 1.29 is 4.79 Å². The number of piperidine rings is 1. The summed E-state index contributed by atoms with van der Waals surface area (Å²) in [6.45, 7) is 5.81. The first-order valence-corrected chi connectivity index (χ1v) is 5.85. The lowest BCUT2D eigenvalue weighted by Crippen LogP contribution is -2.40. The second kappa shape index (κ2) is 4.70. The molecule has 0 aliphatic carbocycles. The molecule has 1 aliphatic heterocycles. The van der Waals surface area contributed by atoms with Crippen LogP contribution in [0.25, 0.3) is 0 Å². The van der Waals surface area contributed by atoms with Gasteiger partial charge in [0.05, 0.1) is 5.92 Å². The van der Waals surface area contributed by atoms with Crippen molar-refractivity contribution in [3.63, 3.8) is 0 Å². The number of nitrogens with one attached hydrogen (secondary N) is 2. The predicted octanol–water partition coefficient (Wildman–Crippen LogP) is 1.17. The lowest BCUT2D eigenvalue weighted by atomic mass is 9.99. The Morgan fingerprint density at radius 3 is 2.69 bits per heavy atom. The number of amides is 1. The highest BCUT2D eigenvalue weighted by Gasteiger charge is 2.21. The smallest absolute Gasteiger partial charge is 0.243 e. The summed E-state index contributed by atoms with van der Waals surface area (Å²) in [6, 6.07) is 4.02. The van der Waals surface area contributed by atoms with E-state index in [9.17, 15) is 4.79 Å². The van der Waals surface area contributed by atoms with Crippen LogP contribution in [0.15, 0.2) is 12.1 Å². The standard InChI is InChI=1S/C12H19N3O/c1-9-5-6-10(2)15(9)14-12(16)11-4-3-7-13-8-11/h5-6,11,13H,3-4,7-8H2,1-2H3,(H,14,16). The largest absolute Gasteiger partial charge is 0.316 e. The van der Waals surface area contributed by atoms with Crippen molar-refractivity contribution in [1.29, 1.82) is 0 Å². The third-order valence-electron chi connectivity index (χ3n) is 3.16. The minimum Gasteiger partial charge on any atom is -0.316 e. The highest BCUT2D eigenvalue weighted by molar-refractivity contribution is 5.86. The summed E-state index contributed by atoms with van der Waals surface area (Å²) in [5.74, 6) is 0.226. The Kier molecular flexibility index (Phi) is 3.29. The van der Waals surface area contributed by atoms with Gasteiger partial charge in [0.25, 0.3) is 0 Å². The number of carbonyl (C=O) groups is 1. The molecule has 1 aromatic heterocycles. The van der Waals surface area contributed by atoms with E-state index in [1.807, 2.05) is 30.7 Å². The number of aryl methyl sites for hydroxylation is 2. The summed E-state index contributed by atoms with van der Waals surface area (Å²) in [5.41, 5.74) is 5.09. The van der Waals surface area contributed by atoms with E-state index in [4.69, 9.17) is 0 Å². The molecule has 1 unspecified atom stereocenters. The summed E-state index contributed by atoms with van der Waals surface area (Å²) in [6.07, 6.45) is 2.07. The maximum absolute atomic E-state index is 12.0. The topological polar surface area (TPSA) is 46.1 Å². The van der Waals surface area contributed by atoms with Crippen molar-refractivity contribution in [2.24, 2.45) is 5.92 Å². The lowest BCUT2D eigenvalue weighted by Gasteiger charge is -2.23. The molecule has 0 spiro atoms. The Morgan fingerprint density at radius 2 is 2.12 bits per heavy atom. The van der Waals surface area contributed by atoms with Crippen LogP contribution < -0.4 is 10.7 Å². The quantitative estimate of drug-likeness (QED) is 0.787. The molecule has 0 saturated carbocycles. The van der Waals surface area contributed by atoms with Crippen LogP contribution in [-0.2, 0) is 4.79 Å². The van der Waals surface area contributed by atoms with Gasteiger partial charge < -0.3 is 5.32 Å². The van der Waals surface area contributed by atoms with E-state index in [0.29, 0.717) is 0 Å². The van der Waals surface area contributed by atoms with E-state index in [-0.39, 0.29) is 11.8 Å². The molecule has 1 saturated heterocycles. The van der Waals surface area contributed by atoms with Gasteiger partial charge in [-0.25, -0.2) is 0 Å². The Labute approximate surface area is 96.0 Å².